The number of hydrogen-bond acceptors (Lipinski definition) is 4. The number of amides is 1. The summed E-state index contributed by atoms with van der Waals surface area (Å²) < 4.78 is 0. The van der Waals surface area contributed by atoms with Crippen LogP contribution in [0.4, 0.5) is 0 Å². The third-order valence-corrected chi connectivity index (χ3v) is 3.49. The Morgan fingerprint density at radius 3 is 3.06 bits per heavy atom. The molecule has 0 aliphatic carbocycles. The summed E-state index contributed by atoms with van der Waals surface area (Å²) in [6.45, 7) is 0. The first kappa shape index (κ1) is 10.3. The van der Waals surface area contributed by atoms with Crippen molar-refractivity contribution < 1.29 is 4.79 Å². The average Bonchev–Trinajstić information content (AvgIpc) is 2.68. The lowest BCUT2D eigenvalue weighted by atomic mass is 10.2. The monoisotopic (exact) mass is 243 g/mol. The Morgan fingerprint density at radius 2 is 2.24 bits per heavy atom. The highest BCUT2D eigenvalue weighted by molar-refractivity contribution is 8.02. The molecule has 0 saturated carbocycles. The van der Waals surface area contributed by atoms with E-state index in [2.05, 4.69) is 9.98 Å². The standard InChI is InChI=1S/C12H9N3OS/c13-12(16)7-1-2-9-10(3-7)14-4-8-5-17-6-11(8)15-9/h1-4,6H,5H2,(H2,13,16). The second-order valence-electron chi connectivity index (χ2n) is 3.78. The molecule has 0 radical (unpaired) electrons. The normalized spacial score (nSPS) is 16.7. The van der Waals surface area contributed by atoms with Crippen molar-refractivity contribution in [3.63, 3.8) is 0 Å². The summed E-state index contributed by atoms with van der Waals surface area (Å²) in [5, 5.41) is 3.49. The molecule has 0 spiro atoms. The molecule has 84 valence electrons. The first-order valence-electron chi connectivity index (χ1n) is 5.12. The Hall–Kier alpha value is -1.88. The molecule has 0 aromatic heterocycles. The van der Waals surface area contributed by atoms with Gasteiger partial charge in [-0.1, -0.05) is 0 Å². The van der Waals surface area contributed by atoms with Crippen molar-refractivity contribution in [2.75, 3.05) is 5.75 Å². The van der Waals surface area contributed by atoms with Crippen LogP contribution in [-0.2, 0) is 0 Å². The molecule has 0 fully saturated rings. The van der Waals surface area contributed by atoms with Gasteiger partial charge in [-0.3, -0.25) is 9.79 Å². The molecule has 1 amide bonds. The molecule has 2 N–H and O–H groups in total. The SMILES string of the molecule is NC(=O)c1ccc2c(c1)=NC=C1CSC=C1N=2. The summed E-state index contributed by atoms with van der Waals surface area (Å²) >= 11 is 1.71. The third-order valence-electron chi connectivity index (χ3n) is 2.62. The van der Waals surface area contributed by atoms with E-state index in [1.807, 2.05) is 11.6 Å². The highest BCUT2D eigenvalue weighted by Gasteiger charge is 2.13. The summed E-state index contributed by atoms with van der Waals surface area (Å²) in [7, 11) is 0. The topological polar surface area (TPSA) is 67.8 Å². The number of nitrogens with zero attached hydrogens (tertiary/aromatic N) is 2. The van der Waals surface area contributed by atoms with Crippen LogP contribution in [0, 0.1) is 0 Å². The van der Waals surface area contributed by atoms with Crippen LogP contribution in [0.25, 0.3) is 0 Å². The van der Waals surface area contributed by atoms with E-state index in [0.717, 1.165) is 22.4 Å². The van der Waals surface area contributed by atoms with Gasteiger partial charge >= 0.3 is 0 Å². The summed E-state index contributed by atoms with van der Waals surface area (Å²) in [6.07, 6.45) is 1.81. The van der Waals surface area contributed by atoms with Crippen LogP contribution in [0.1, 0.15) is 10.4 Å². The van der Waals surface area contributed by atoms with E-state index < -0.39 is 5.91 Å². The number of primary amides is 1. The van der Waals surface area contributed by atoms with Gasteiger partial charge in [0.05, 0.1) is 16.4 Å². The Morgan fingerprint density at radius 1 is 1.35 bits per heavy atom. The van der Waals surface area contributed by atoms with E-state index in [1.165, 1.54) is 0 Å². The molecule has 0 unspecified atom stereocenters. The van der Waals surface area contributed by atoms with E-state index in [-0.39, 0.29) is 0 Å². The van der Waals surface area contributed by atoms with Crippen molar-refractivity contribution in [2.24, 2.45) is 15.7 Å². The van der Waals surface area contributed by atoms with Crippen LogP contribution in [0.2, 0.25) is 0 Å². The molecule has 2 aliphatic heterocycles. The van der Waals surface area contributed by atoms with Gasteiger partial charge in [-0.2, -0.15) is 0 Å². The van der Waals surface area contributed by atoms with E-state index in [0.29, 0.717) is 10.9 Å². The fraction of sp³-hybridized carbons (Fsp3) is 0.0833. The minimum absolute atomic E-state index is 0.449. The summed E-state index contributed by atoms with van der Waals surface area (Å²) in [5.74, 6) is 0.453. The van der Waals surface area contributed by atoms with Crippen molar-refractivity contribution in [1.29, 1.82) is 0 Å². The Labute approximate surface area is 102 Å². The van der Waals surface area contributed by atoms with Gasteiger partial charge in [0.25, 0.3) is 0 Å². The van der Waals surface area contributed by atoms with Crippen molar-refractivity contribution in [1.82, 2.24) is 0 Å². The van der Waals surface area contributed by atoms with Crippen LogP contribution in [0.15, 0.2) is 51.1 Å². The van der Waals surface area contributed by atoms with Crippen molar-refractivity contribution in [2.45, 2.75) is 0 Å². The predicted molar refractivity (Wildman–Crippen MR) is 65.9 cm³/mol. The first-order valence-corrected chi connectivity index (χ1v) is 6.16. The lowest BCUT2D eigenvalue weighted by Crippen LogP contribution is -2.27. The highest BCUT2D eigenvalue weighted by Crippen LogP contribution is 2.28. The van der Waals surface area contributed by atoms with Gasteiger partial charge in [-0.25, -0.2) is 4.99 Å². The van der Waals surface area contributed by atoms with Crippen LogP contribution < -0.4 is 16.4 Å². The molecule has 5 heteroatoms. The number of thioether (sulfide) groups is 1. The molecule has 3 rings (SSSR count). The van der Waals surface area contributed by atoms with Crippen molar-refractivity contribution in [3.05, 3.63) is 57.4 Å². The van der Waals surface area contributed by atoms with Gasteiger partial charge in [0.1, 0.15) is 0 Å². The Bertz CT molecular complexity index is 688. The molecule has 0 atom stereocenters. The van der Waals surface area contributed by atoms with Gasteiger partial charge in [-0.05, 0) is 23.6 Å². The van der Waals surface area contributed by atoms with Crippen LogP contribution in [0.5, 0.6) is 0 Å². The van der Waals surface area contributed by atoms with Crippen LogP contribution in [0.3, 0.4) is 0 Å². The highest BCUT2D eigenvalue weighted by atomic mass is 32.2. The number of fused-ring (bicyclic) bond motifs is 2. The van der Waals surface area contributed by atoms with Gasteiger partial charge in [0, 0.05) is 23.1 Å². The summed E-state index contributed by atoms with van der Waals surface area (Å²) in [6, 6.07) is 5.13. The largest absolute Gasteiger partial charge is 0.366 e. The lowest BCUT2D eigenvalue weighted by Gasteiger charge is -1.94. The van der Waals surface area contributed by atoms with E-state index in [4.69, 9.17) is 5.73 Å². The molecule has 2 aliphatic rings. The van der Waals surface area contributed by atoms with Gasteiger partial charge < -0.3 is 5.73 Å². The van der Waals surface area contributed by atoms with Gasteiger partial charge in [0.15, 0.2) is 0 Å². The quantitative estimate of drug-likeness (QED) is 0.781. The molecule has 1 aromatic carbocycles. The molecule has 2 heterocycles. The van der Waals surface area contributed by atoms with Crippen LogP contribution >= 0.6 is 11.8 Å². The molecule has 0 bridgehead atoms. The van der Waals surface area contributed by atoms with E-state index in [1.54, 1.807) is 30.0 Å². The third kappa shape index (κ3) is 1.78. The number of carbonyl (C=O) groups is 1. The fourth-order valence-corrected chi connectivity index (χ4v) is 2.56. The Balaban J connectivity index is 2.26. The molecule has 4 nitrogen and oxygen atoms in total. The first-order chi connectivity index (χ1) is 8.24. The minimum atomic E-state index is -0.449. The zero-order valence-electron chi connectivity index (χ0n) is 8.88. The average molecular weight is 243 g/mol. The maximum Gasteiger partial charge on any atom is 0.248 e. The zero-order valence-corrected chi connectivity index (χ0v) is 9.70. The Kier molecular flexibility index (Phi) is 2.33. The zero-order chi connectivity index (χ0) is 11.8. The number of rotatable bonds is 1. The van der Waals surface area contributed by atoms with Crippen molar-refractivity contribution >= 4 is 17.7 Å². The molecular formula is C12H9N3OS. The fourth-order valence-electron chi connectivity index (χ4n) is 1.71. The predicted octanol–water partition coefficient (Wildman–Crippen LogP) is 0.510. The second kappa shape index (κ2) is 3.85. The van der Waals surface area contributed by atoms with Crippen LogP contribution in [-0.4, -0.2) is 11.7 Å². The second-order valence-corrected chi connectivity index (χ2v) is 4.63. The van der Waals surface area contributed by atoms with Crippen molar-refractivity contribution in [3.8, 4) is 0 Å². The molecule has 1 aromatic rings. The number of allylic oxidation sites excluding steroid dienone is 1. The smallest absolute Gasteiger partial charge is 0.248 e. The van der Waals surface area contributed by atoms with Gasteiger partial charge in [-0.15, -0.1) is 11.8 Å². The molecular weight excluding hydrogens is 234 g/mol. The number of nitrogens with two attached hydrogens (primary N) is 1. The number of carbonyl (C=O) groups excluding carboxylic acids is 1. The van der Waals surface area contributed by atoms with E-state index >= 15 is 0 Å². The number of hydrogen-bond donors (Lipinski definition) is 1. The maximum absolute atomic E-state index is 11.1. The molecule has 0 saturated heterocycles. The van der Waals surface area contributed by atoms with E-state index in [9.17, 15) is 4.79 Å². The summed E-state index contributed by atoms with van der Waals surface area (Å²) in [4.78, 5) is 20.0. The minimum Gasteiger partial charge on any atom is -0.366 e. The summed E-state index contributed by atoms with van der Waals surface area (Å²) in [5.41, 5.74) is 7.77. The number of benzene rings is 1. The molecule has 17 heavy (non-hydrogen) atoms. The van der Waals surface area contributed by atoms with Gasteiger partial charge in [0.2, 0.25) is 5.91 Å². The maximum atomic E-state index is 11.1. The lowest BCUT2D eigenvalue weighted by molar-refractivity contribution is 0.1000.